The first-order chi connectivity index (χ1) is 8.34. The third kappa shape index (κ3) is 2.57. The molecule has 1 fully saturated rings. The standard InChI is InChI=1S/C12H13ClINO3/c1-12(17)5-15(6-12)11(16)7-3-8(13)9(14)4-10(7)18-2/h3-4,17H,5-6H2,1-2H3. The van der Waals surface area contributed by atoms with Gasteiger partial charge in [0.15, 0.2) is 0 Å². The first-order valence-electron chi connectivity index (χ1n) is 5.39. The van der Waals surface area contributed by atoms with Crippen LogP contribution in [-0.4, -0.2) is 41.7 Å². The maximum atomic E-state index is 12.2. The zero-order valence-corrected chi connectivity index (χ0v) is 12.9. The summed E-state index contributed by atoms with van der Waals surface area (Å²) in [7, 11) is 1.52. The number of benzene rings is 1. The number of aliphatic hydroxyl groups is 1. The Balaban J connectivity index is 2.28. The van der Waals surface area contributed by atoms with Gasteiger partial charge in [0.1, 0.15) is 5.75 Å². The topological polar surface area (TPSA) is 49.8 Å². The average Bonchev–Trinajstić information content (AvgIpc) is 2.28. The molecule has 4 nitrogen and oxygen atoms in total. The van der Waals surface area contributed by atoms with E-state index < -0.39 is 5.60 Å². The number of likely N-dealkylation sites (tertiary alicyclic amines) is 1. The van der Waals surface area contributed by atoms with E-state index >= 15 is 0 Å². The average molecular weight is 382 g/mol. The van der Waals surface area contributed by atoms with Gasteiger partial charge in [-0.25, -0.2) is 0 Å². The Kier molecular flexibility index (Phi) is 3.75. The minimum atomic E-state index is -0.782. The number of nitrogens with zero attached hydrogens (tertiary/aromatic N) is 1. The van der Waals surface area contributed by atoms with Gasteiger partial charge in [-0.15, -0.1) is 0 Å². The molecule has 1 saturated heterocycles. The van der Waals surface area contributed by atoms with Gasteiger partial charge in [0.25, 0.3) is 5.91 Å². The van der Waals surface area contributed by atoms with Crippen molar-refractivity contribution in [2.24, 2.45) is 0 Å². The van der Waals surface area contributed by atoms with Gasteiger partial charge in [-0.3, -0.25) is 4.79 Å². The molecule has 0 aliphatic carbocycles. The third-order valence-electron chi connectivity index (χ3n) is 2.82. The highest BCUT2D eigenvalue weighted by Gasteiger charge is 2.40. The van der Waals surface area contributed by atoms with Gasteiger partial charge in [0, 0.05) is 3.57 Å². The molecule has 1 aliphatic rings. The van der Waals surface area contributed by atoms with E-state index in [1.54, 1.807) is 24.0 Å². The lowest BCUT2D eigenvalue weighted by atomic mass is 9.96. The second-order valence-electron chi connectivity index (χ2n) is 4.62. The van der Waals surface area contributed by atoms with Gasteiger partial charge in [0.05, 0.1) is 36.4 Å². The van der Waals surface area contributed by atoms with Crippen molar-refractivity contribution in [3.8, 4) is 5.75 Å². The molecule has 0 spiro atoms. The summed E-state index contributed by atoms with van der Waals surface area (Å²) >= 11 is 8.11. The molecule has 1 amide bonds. The number of β-amino-alcohol motifs (C(OH)–C–C–N with tert-alkyl or cyclic N) is 1. The van der Waals surface area contributed by atoms with Crippen LogP contribution in [0.25, 0.3) is 0 Å². The van der Waals surface area contributed by atoms with Gasteiger partial charge in [-0.1, -0.05) is 11.6 Å². The molecule has 0 saturated carbocycles. The summed E-state index contributed by atoms with van der Waals surface area (Å²) in [5.74, 6) is 0.331. The number of hydrogen-bond acceptors (Lipinski definition) is 3. The van der Waals surface area contributed by atoms with E-state index in [1.807, 2.05) is 0 Å². The molecule has 1 aromatic carbocycles. The van der Waals surface area contributed by atoms with Crippen molar-refractivity contribution in [2.75, 3.05) is 20.2 Å². The quantitative estimate of drug-likeness (QED) is 0.799. The van der Waals surface area contributed by atoms with Crippen LogP contribution in [0.4, 0.5) is 0 Å². The lowest BCUT2D eigenvalue weighted by molar-refractivity contribution is -0.0669. The molecule has 6 heteroatoms. The summed E-state index contributed by atoms with van der Waals surface area (Å²) < 4.78 is 6.03. The highest BCUT2D eigenvalue weighted by atomic mass is 127. The number of hydrogen-bond donors (Lipinski definition) is 1. The third-order valence-corrected chi connectivity index (χ3v) is 4.35. The molecule has 0 unspecified atom stereocenters. The van der Waals surface area contributed by atoms with E-state index in [0.717, 1.165) is 3.57 Å². The first-order valence-corrected chi connectivity index (χ1v) is 6.84. The van der Waals surface area contributed by atoms with Crippen molar-refractivity contribution >= 4 is 40.1 Å². The van der Waals surface area contributed by atoms with Crippen LogP contribution in [0.5, 0.6) is 5.75 Å². The largest absolute Gasteiger partial charge is 0.496 e. The Hall–Kier alpha value is -0.530. The lowest BCUT2D eigenvalue weighted by Gasteiger charge is -2.44. The molecule has 0 bridgehead atoms. The number of ether oxygens (including phenoxy) is 1. The smallest absolute Gasteiger partial charge is 0.257 e. The molecule has 1 N–H and O–H groups in total. The Morgan fingerprint density at radius 1 is 1.56 bits per heavy atom. The molecule has 0 atom stereocenters. The van der Waals surface area contributed by atoms with Gasteiger partial charge in [-0.2, -0.15) is 0 Å². The maximum Gasteiger partial charge on any atom is 0.257 e. The minimum Gasteiger partial charge on any atom is -0.496 e. The number of halogens is 2. The predicted molar refractivity (Wildman–Crippen MR) is 77.2 cm³/mol. The SMILES string of the molecule is COc1cc(I)c(Cl)cc1C(=O)N1CC(C)(O)C1. The zero-order chi connectivity index (χ0) is 13.5. The van der Waals surface area contributed by atoms with Crippen LogP contribution in [0.15, 0.2) is 12.1 Å². The predicted octanol–water partition coefficient (Wildman–Crippen LogP) is 2.16. The van der Waals surface area contributed by atoms with Crippen LogP contribution < -0.4 is 4.74 Å². The summed E-state index contributed by atoms with van der Waals surface area (Å²) in [5, 5.41) is 10.2. The normalized spacial score (nSPS) is 17.3. The Morgan fingerprint density at radius 3 is 2.67 bits per heavy atom. The lowest BCUT2D eigenvalue weighted by Crippen LogP contribution is -2.61. The van der Waals surface area contributed by atoms with Crippen LogP contribution in [-0.2, 0) is 0 Å². The van der Waals surface area contributed by atoms with E-state index in [2.05, 4.69) is 22.6 Å². The van der Waals surface area contributed by atoms with Crippen molar-refractivity contribution in [3.05, 3.63) is 26.3 Å². The van der Waals surface area contributed by atoms with Crippen LogP contribution in [0.1, 0.15) is 17.3 Å². The Labute approximate surface area is 124 Å². The number of carbonyl (C=O) groups excluding carboxylic acids is 1. The number of carbonyl (C=O) groups is 1. The molecular formula is C12H13ClINO3. The summed E-state index contributed by atoms with van der Waals surface area (Å²) in [5.41, 5.74) is -0.353. The monoisotopic (exact) mass is 381 g/mol. The summed E-state index contributed by atoms with van der Waals surface area (Å²) in [6.07, 6.45) is 0. The fourth-order valence-corrected chi connectivity index (χ4v) is 2.56. The van der Waals surface area contributed by atoms with Crippen molar-refractivity contribution in [3.63, 3.8) is 0 Å². The van der Waals surface area contributed by atoms with E-state index in [4.69, 9.17) is 16.3 Å². The van der Waals surface area contributed by atoms with Crippen molar-refractivity contribution in [1.82, 2.24) is 4.90 Å². The second kappa shape index (κ2) is 4.86. The zero-order valence-electron chi connectivity index (χ0n) is 10.0. The van der Waals surface area contributed by atoms with Crippen molar-refractivity contribution in [2.45, 2.75) is 12.5 Å². The van der Waals surface area contributed by atoms with Crippen LogP contribution >= 0.6 is 34.2 Å². The molecule has 0 aromatic heterocycles. The van der Waals surface area contributed by atoms with Crippen molar-refractivity contribution in [1.29, 1.82) is 0 Å². The molecule has 1 aromatic rings. The Bertz CT molecular complexity index is 496. The van der Waals surface area contributed by atoms with E-state index in [1.165, 1.54) is 7.11 Å². The van der Waals surface area contributed by atoms with Crippen LogP contribution in [0, 0.1) is 3.57 Å². The van der Waals surface area contributed by atoms with Gasteiger partial charge in [-0.05, 0) is 41.6 Å². The maximum absolute atomic E-state index is 12.2. The number of methoxy groups -OCH3 is 1. The summed E-state index contributed by atoms with van der Waals surface area (Å²) in [4.78, 5) is 13.8. The highest BCUT2D eigenvalue weighted by Crippen LogP contribution is 2.31. The molecule has 1 aliphatic heterocycles. The first kappa shape index (κ1) is 13.9. The van der Waals surface area contributed by atoms with E-state index in [0.29, 0.717) is 29.4 Å². The van der Waals surface area contributed by atoms with Crippen LogP contribution in [0.3, 0.4) is 0 Å². The minimum absolute atomic E-state index is 0.170. The molecule has 98 valence electrons. The Morgan fingerprint density at radius 2 is 2.17 bits per heavy atom. The fourth-order valence-electron chi connectivity index (χ4n) is 1.95. The summed E-state index contributed by atoms with van der Waals surface area (Å²) in [6, 6.07) is 3.34. The highest BCUT2D eigenvalue weighted by molar-refractivity contribution is 14.1. The van der Waals surface area contributed by atoms with E-state index in [9.17, 15) is 9.90 Å². The molecule has 0 radical (unpaired) electrons. The van der Waals surface area contributed by atoms with E-state index in [-0.39, 0.29) is 5.91 Å². The van der Waals surface area contributed by atoms with Gasteiger partial charge < -0.3 is 14.7 Å². The second-order valence-corrected chi connectivity index (χ2v) is 6.19. The molecular weight excluding hydrogens is 368 g/mol. The molecule has 18 heavy (non-hydrogen) atoms. The number of rotatable bonds is 2. The number of amides is 1. The fraction of sp³-hybridized carbons (Fsp3) is 0.417. The molecule has 1 heterocycles. The van der Waals surface area contributed by atoms with Gasteiger partial charge in [0.2, 0.25) is 0 Å². The van der Waals surface area contributed by atoms with Crippen LogP contribution in [0.2, 0.25) is 5.02 Å². The molecule has 2 rings (SSSR count). The van der Waals surface area contributed by atoms with Gasteiger partial charge >= 0.3 is 0 Å². The summed E-state index contributed by atoms with van der Waals surface area (Å²) in [6.45, 7) is 2.37. The van der Waals surface area contributed by atoms with Crippen molar-refractivity contribution < 1.29 is 14.6 Å².